The van der Waals surface area contributed by atoms with Gasteiger partial charge in [-0.25, -0.2) is 13.8 Å². The number of hydrogen-bond donors (Lipinski definition) is 1. The van der Waals surface area contributed by atoms with Crippen LogP contribution >= 0.6 is 11.3 Å². The highest BCUT2D eigenvalue weighted by atomic mass is 32.1. The van der Waals surface area contributed by atoms with E-state index in [0.717, 1.165) is 10.6 Å². The third-order valence-corrected chi connectivity index (χ3v) is 4.09. The normalized spacial score (nSPS) is 11.9. The average Bonchev–Trinajstić information content (AvgIpc) is 2.73. The van der Waals surface area contributed by atoms with E-state index < -0.39 is 11.6 Å². The maximum Gasteiger partial charge on any atom is 0.136 e. The molecule has 20 heavy (non-hydrogen) atoms. The largest absolute Gasteiger partial charge is 0.330 e. The van der Waals surface area contributed by atoms with E-state index in [4.69, 9.17) is 5.73 Å². The van der Waals surface area contributed by atoms with Gasteiger partial charge in [-0.1, -0.05) is 26.8 Å². The smallest absolute Gasteiger partial charge is 0.136 e. The molecule has 2 aromatic rings. The molecule has 1 aromatic heterocycles. The lowest BCUT2D eigenvalue weighted by Crippen LogP contribution is -2.15. The first kappa shape index (κ1) is 15.1. The Hall–Kier alpha value is -1.33. The minimum absolute atomic E-state index is 0.0497. The quantitative estimate of drug-likeness (QED) is 0.933. The molecule has 0 saturated heterocycles. The number of rotatable bonds is 3. The lowest BCUT2D eigenvalue weighted by atomic mass is 9.91. The summed E-state index contributed by atoms with van der Waals surface area (Å²) in [6, 6.07) is 3.85. The zero-order valence-corrected chi connectivity index (χ0v) is 12.7. The average molecular weight is 296 g/mol. The van der Waals surface area contributed by atoms with Crippen LogP contribution in [0.15, 0.2) is 18.2 Å². The van der Waals surface area contributed by atoms with Crippen molar-refractivity contribution >= 4 is 11.3 Å². The van der Waals surface area contributed by atoms with E-state index in [-0.39, 0.29) is 11.0 Å². The minimum atomic E-state index is -0.585. The van der Waals surface area contributed by atoms with Gasteiger partial charge in [0.1, 0.15) is 16.6 Å². The van der Waals surface area contributed by atoms with E-state index in [1.54, 1.807) is 0 Å². The van der Waals surface area contributed by atoms with Crippen molar-refractivity contribution in [2.75, 3.05) is 6.54 Å². The van der Waals surface area contributed by atoms with Gasteiger partial charge in [-0.3, -0.25) is 0 Å². The van der Waals surface area contributed by atoms with E-state index >= 15 is 0 Å². The fourth-order valence-electron chi connectivity index (χ4n) is 2.05. The summed E-state index contributed by atoms with van der Waals surface area (Å²) in [6.45, 7) is 6.58. The zero-order valence-electron chi connectivity index (χ0n) is 11.8. The van der Waals surface area contributed by atoms with Crippen molar-refractivity contribution in [1.82, 2.24) is 4.98 Å². The van der Waals surface area contributed by atoms with Crippen molar-refractivity contribution < 1.29 is 8.78 Å². The van der Waals surface area contributed by atoms with Crippen molar-refractivity contribution in [3.05, 3.63) is 40.4 Å². The van der Waals surface area contributed by atoms with Crippen LogP contribution in [0.2, 0.25) is 0 Å². The van der Waals surface area contributed by atoms with Crippen molar-refractivity contribution in [3.8, 4) is 10.6 Å². The molecule has 0 saturated carbocycles. The third kappa shape index (κ3) is 2.88. The van der Waals surface area contributed by atoms with E-state index in [2.05, 4.69) is 4.98 Å². The second-order valence-electron chi connectivity index (χ2n) is 5.68. The summed E-state index contributed by atoms with van der Waals surface area (Å²) < 4.78 is 27.7. The van der Waals surface area contributed by atoms with Gasteiger partial charge in [0.05, 0.1) is 11.3 Å². The van der Waals surface area contributed by atoms with Gasteiger partial charge in [-0.15, -0.1) is 11.3 Å². The molecule has 0 aliphatic carbocycles. The molecule has 0 atom stereocenters. The van der Waals surface area contributed by atoms with Crippen molar-refractivity contribution in [1.29, 1.82) is 0 Å². The highest BCUT2D eigenvalue weighted by Crippen LogP contribution is 2.36. The maximum atomic E-state index is 13.9. The molecule has 108 valence electrons. The third-order valence-electron chi connectivity index (χ3n) is 2.96. The molecule has 1 aromatic carbocycles. The summed E-state index contributed by atoms with van der Waals surface area (Å²) in [7, 11) is 0. The van der Waals surface area contributed by atoms with Crippen LogP contribution in [-0.2, 0) is 11.8 Å². The molecular weight excluding hydrogens is 278 g/mol. The van der Waals surface area contributed by atoms with E-state index in [9.17, 15) is 8.78 Å². The molecule has 0 fully saturated rings. The first-order valence-electron chi connectivity index (χ1n) is 6.49. The molecule has 2 nitrogen and oxygen atoms in total. The van der Waals surface area contributed by atoms with Crippen LogP contribution in [0.1, 0.15) is 31.3 Å². The first-order chi connectivity index (χ1) is 9.34. The van der Waals surface area contributed by atoms with Crippen LogP contribution in [-0.4, -0.2) is 11.5 Å². The van der Waals surface area contributed by atoms with Gasteiger partial charge in [0.2, 0.25) is 0 Å². The predicted molar refractivity (Wildman–Crippen MR) is 78.9 cm³/mol. The summed E-state index contributed by atoms with van der Waals surface area (Å²) >= 11 is 1.32. The fraction of sp³-hybridized carbons (Fsp3) is 0.400. The van der Waals surface area contributed by atoms with E-state index in [1.807, 2.05) is 20.8 Å². The molecular formula is C15H18F2N2S. The number of nitrogens with two attached hydrogens (primary N) is 1. The highest BCUT2D eigenvalue weighted by Gasteiger charge is 2.25. The van der Waals surface area contributed by atoms with Crippen molar-refractivity contribution in [2.24, 2.45) is 5.73 Å². The number of thiazole rings is 1. The number of hydrogen-bond acceptors (Lipinski definition) is 3. The van der Waals surface area contributed by atoms with Gasteiger partial charge >= 0.3 is 0 Å². The number of aromatic nitrogens is 1. The Morgan fingerprint density at radius 3 is 2.30 bits per heavy atom. The maximum absolute atomic E-state index is 13.9. The molecule has 5 heteroatoms. The first-order valence-corrected chi connectivity index (χ1v) is 7.31. The van der Waals surface area contributed by atoms with E-state index in [0.29, 0.717) is 18.0 Å². The van der Waals surface area contributed by atoms with Crippen LogP contribution in [0.4, 0.5) is 8.78 Å². The van der Waals surface area contributed by atoms with Gasteiger partial charge in [-0.2, -0.15) is 0 Å². The molecule has 0 unspecified atom stereocenters. The Bertz CT molecular complexity index is 595. The lowest BCUT2D eigenvalue weighted by molar-refractivity contribution is 0.564. The molecule has 0 aliphatic rings. The number of halogens is 2. The molecule has 0 aliphatic heterocycles. The fourth-order valence-corrected chi connectivity index (χ4v) is 3.38. The van der Waals surface area contributed by atoms with Crippen LogP contribution in [0, 0.1) is 11.6 Å². The lowest BCUT2D eigenvalue weighted by Gasteiger charge is -2.17. The second-order valence-corrected chi connectivity index (χ2v) is 6.76. The molecule has 0 amide bonds. The second kappa shape index (κ2) is 5.58. The summed E-state index contributed by atoms with van der Waals surface area (Å²) in [5.74, 6) is -1.17. The standard InChI is InChI=1S/C15H18F2N2S/c1-15(2,3)13-11(7-8-18)20-14(19-13)12-9(16)5-4-6-10(12)17/h4-6H,7-8,18H2,1-3H3. The Morgan fingerprint density at radius 2 is 1.80 bits per heavy atom. The topological polar surface area (TPSA) is 38.9 Å². The van der Waals surface area contributed by atoms with Crippen molar-refractivity contribution in [2.45, 2.75) is 32.6 Å². The van der Waals surface area contributed by atoms with Gasteiger partial charge in [0.25, 0.3) is 0 Å². The van der Waals surface area contributed by atoms with Gasteiger partial charge in [0.15, 0.2) is 0 Å². The van der Waals surface area contributed by atoms with Crippen LogP contribution < -0.4 is 5.73 Å². The van der Waals surface area contributed by atoms with Crippen LogP contribution in [0.3, 0.4) is 0 Å². The molecule has 2 N–H and O–H groups in total. The number of benzene rings is 1. The van der Waals surface area contributed by atoms with Crippen molar-refractivity contribution in [3.63, 3.8) is 0 Å². The Balaban J connectivity index is 2.59. The summed E-state index contributed by atoms with van der Waals surface area (Å²) in [6.07, 6.45) is 0.667. The van der Waals surface area contributed by atoms with Gasteiger partial charge < -0.3 is 5.73 Å². The molecule has 0 radical (unpaired) electrons. The molecule has 0 spiro atoms. The Morgan fingerprint density at radius 1 is 1.20 bits per heavy atom. The van der Waals surface area contributed by atoms with E-state index in [1.165, 1.54) is 29.5 Å². The predicted octanol–water partition coefficient (Wildman–Crippen LogP) is 3.89. The highest BCUT2D eigenvalue weighted by molar-refractivity contribution is 7.15. The summed E-state index contributed by atoms with van der Waals surface area (Å²) in [4.78, 5) is 5.47. The zero-order chi connectivity index (χ0) is 14.9. The SMILES string of the molecule is CC(C)(C)c1nc(-c2c(F)cccc2F)sc1CCN. The summed E-state index contributed by atoms with van der Waals surface area (Å²) in [5, 5.41) is 0.383. The molecule has 0 bridgehead atoms. The Kier molecular flexibility index (Phi) is 4.20. The summed E-state index contributed by atoms with van der Waals surface area (Å²) in [5.41, 5.74) is 6.25. The van der Waals surface area contributed by atoms with Gasteiger partial charge in [0, 0.05) is 10.3 Å². The van der Waals surface area contributed by atoms with Gasteiger partial charge in [-0.05, 0) is 25.1 Å². The van der Waals surface area contributed by atoms with Crippen LogP contribution in [0.25, 0.3) is 10.6 Å². The Labute approximate surface area is 121 Å². The number of nitrogens with zero attached hydrogens (tertiary/aromatic N) is 1. The van der Waals surface area contributed by atoms with Crippen LogP contribution in [0.5, 0.6) is 0 Å². The molecule has 1 heterocycles. The monoisotopic (exact) mass is 296 g/mol. The minimum Gasteiger partial charge on any atom is -0.330 e. The molecule has 2 rings (SSSR count).